The Bertz CT molecular complexity index is 1270. The third-order valence-corrected chi connectivity index (χ3v) is 7.91. The summed E-state index contributed by atoms with van der Waals surface area (Å²) in [7, 11) is 0. The number of hydrogen-bond donors (Lipinski definition) is 3. The number of rotatable bonds is 7. The fraction of sp³-hybridized carbons (Fsp3) is 0.583. The molecule has 0 spiro atoms. The number of hydrogen-bond acceptors (Lipinski definition) is 7. The van der Waals surface area contributed by atoms with Crippen LogP contribution in [0, 0.1) is 0 Å². The van der Waals surface area contributed by atoms with E-state index < -0.39 is 84.6 Å². The number of carbonyl (C=O) groups is 2. The monoisotopic (exact) mass is 597 g/mol. The Morgan fingerprint density at radius 2 is 1.95 bits per heavy atom. The van der Waals surface area contributed by atoms with Gasteiger partial charge in [-0.25, -0.2) is 27.5 Å². The minimum Gasteiger partial charge on any atom is -0.393 e. The van der Waals surface area contributed by atoms with Crippen molar-refractivity contribution in [3.63, 3.8) is 0 Å². The third kappa shape index (κ3) is 6.48. The molecule has 8 nitrogen and oxygen atoms in total. The van der Waals surface area contributed by atoms with Gasteiger partial charge in [0.2, 0.25) is 0 Å². The number of nitrogens with zero attached hydrogens (tertiary/aromatic N) is 3. The molecule has 4 atom stereocenters. The molecule has 0 aromatic carbocycles. The van der Waals surface area contributed by atoms with Crippen molar-refractivity contribution in [1.82, 2.24) is 20.2 Å². The normalized spacial score (nSPS) is 23.5. The molecule has 1 aliphatic carbocycles. The van der Waals surface area contributed by atoms with E-state index in [2.05, 4.69) is 15.3 Å². The molecule has 2 aromatic rings. The molecule has 1 unspecified atom stereocenters. The van der Waals surface area contributed by atoms with Crippen LogP contribution in [0.1, 0.15) is 71.8 Å². The second-order valence-corrected chi connectivity index (χ2v) is 11.0. The van der Waals surface area contributed by atoms with Crippen molar-refractivity contribution in [2.45, 2.75) is 82.3 Å². The molecule has 1 aliphatic heterocycles. The molecule has 16 heteroatoms. The van der Waals surface area contributed by atoms with E-state index in [1.165, 1.54) is 6.92 Å². The number of aliphatic hydroxyl groups excluding tert-OH is 1. The molecule has 2 aromatic heterocycles. The van der Waals surface area contributed by atoms with Gasteiger partial charge < -0.3 is 20.6 Å². The molecule has 3 heterocycles. The highest BCUT2D eigenvalue weighted by atomic mass is 32.1. The smallest absolute Gasteiger partial charge is 0.393 e. The first kappa shape index (κ1) is 30.0. The second-order valence-electron chi connectivity index (χ2n) is 10.0. The number of alkyl halides is 7. The van der Waals surface area contributed by atoms with Gasteiger partial charge in [0.25, 0.3) is 24.2 Å². The predicted octanol–water partition coefficient (Wildman–Crippen LogP) is 5.02. The number of aliphatic hydroxyl groups is 1. The number of carbonyl (C=O) groups excluding carboxylic acids is 2. The summed E-state index contributed by atoms with van der Waals surface area (Å²) < 4.78 is 95.3. The molecule has 40 heavy (non-hydrogen) atoms. The Hall–Kier alpha value is -3.01. The van der Waals surface area contributed by atoms with Crippen LogP contribution < -0.4 is 10.6 Å². The molecular formula is C24H26F7N5O3S. The zero-order chi connectivity index (χ0) is 29.6. The first-order chi connectivity index (χ1) is 18.6. The van der Waals surface area contributed by atoms with Gasteiger partial charge in [-0.05, 0) is 39.2 Å². The van der Waals surface area contributed by atoms with E-state index in [1.54, 1.807) is 0 Å². The summed E-state index contributed by atoms with van der Waals surface area (Å²) in [5.74, 6) is -5.47. The largest absolute Gasteiger partial charge is 0.408 e. The van der Waals surface area contributed by atoms with Crippen LogP contribution in [0.15, 0.2) is 12.3 Å². The van der Waals surface area contributed by atoms with Crippen molar-refractivity contribution in [3.8, 4) is 10.4 Å². The Kier molecular flexibility index (Phi) is 8.32. The Labute approximate surface area is 228 Å². The van der Waals surface area contributed by atoms with Crippen molar-refractivity contribution < 1.29 is 45.4 Å². The number of aromatic nitrogens is 2. The fourth-order valence-electron chi connectivity index (χ4n) is 4.72. The highest BCUT2D eigenvalue weighted by Gasteiger charge is 2.46. The lowest BCUT2D eigenvalue weighted by Crippen LogP contribution is -2.36. The maximum absolute atomic E-state index is 14.1. The molecule has 0 bridgehead atoms. The van der Waals surface area contributed by atoms with E-state index in [9.17, 15) is 45.4 Å². The molecule has 1 saturated carbocycles. The standard InChI is InChI=1S/C24H26F7N5O3S/c1-10-7-23(27,28)9-36(10)22(39)17-18(40-21(35-17)20(38)34-12-3-4-13(37)5-12)15-8-32-16(6-14(15)19(25)26)33-11(2)24(29,30)31/h6,8,10-13,19,37H,3-5,7,9H2,1-2H3,(H,32,33)(H,34,38)/t10-,11?,12+,13+/m0/s1. The molecule has 2 aliphatic rings. The number of nitrogens with one attached hydrogen (secondary N) is 2. The van der Waals surface area contributed by atoms with E-state index in [0.717, 1.165) is 18.0 Å². The highest BCUT2D eigenvalue weighted by Crippen LogP contribution is 2.40. The topological polar surface area (TPSA) is 107 Å². The lowest BCUT2D eigenvalue weighted by atomic mass is 10.1. The molecule has 4 rings (SSSR count). The number of halogens is 7. The van der Waals surface area contributed by atoms with Crippen molar-refractivity contribution in [2.24, 2.45) is 0 Å². The number of pyridine rings is 1. The van der Waals surface area contributed by atoms with Gasteiger partial charge >= 0.3 is 6.18 Å². The average molecular weight is 598 g/mol. The number of thiazole rings is 1. The lowest BCUT2D eigenvalue weighted by Gasteiger charge is -2.21. The van der Waals surface area contributed by atoms with Gasteiger partial charge in [0.15, 0.2) is 5.01 Å². The summed E-state index contributed by atoms with van der Waals surface area (Å²) in [5, 5.41) is 14.1. The zero-order valence-corrected chi connectivity index (χ0v) is 22.1. The number of amides is 2. The van der Waals surface area contributed by atoms with Gasteiger partial charge in [-0.1, -0.05) is 0 Å². The van der Waals surface area contributed by atoms with Gasteiger partial charge in [0.05, 0.1) is 17.5 Å². The summed E-state index contributed by atoms with van der Waals surface area (Å²) in [4.78, 5) is 34.7. The van der Waals surface area contributed by atoms with Crippen LogP contribution >= 0.6 is 11.3 Å². The zero-order valence-electron chi connectivity index (χ0n) is 21.2. The van der Waals surface area contributed by atoms with Crippen LogP contribution in [0.5, 0.6) is 0 Å². The minimum absolute atomic E-state index is 0.262. The van der Waals surface area contributed by atoms with E-state index in [1.807, 2.05) is 5.32 Å². The average Bonchev–Trinajstić information content (AvgIpc) is 3.54. The molecular weight excluding hydrogens is 571 g/mol. The Morgan fingerprint density at radius 1 is 1.25 bits per heavy atom. The molecule has 220 valence electrons. The maximum atomic E-state index is 14.1. The van der Waals surface area contributed by atoms with Crippen molar-refractivity contribution in [1.29, 1.82) is 0 Å². The summed E-state index contributed by atoms with van der Waals surface area (Å²) in [6.45, 7) is 1.22. The Balaban J connectivity index is 1.75. The van der Waals surface area contributed by atoms with Gasteiger partial charge in [0, 0.05) is 35.8 Å². The van der Waals surface area contributed by atoms with Crippen LogP contribution in [0.3, 0.4) is 0 Å². The minimum atomic E-state index is -4.69. The molecule has 2 amide bonds. The summed E-state index contributed by atoms with van der Waals surface area (Å²) in [6.07, 6.45) is -7.13. The van der Waals surface area contributed by atoms with Crippen LogP contribution in [0.25, 0.3) is 10.4 Å². The van der Waals surface area contributed by atoms with Gasteiger partial charge in [0.1, 0.15) is 17.6 Å². The summed E-state index contributed by atoms with van der Waals surface area (Å²) >= 11 is 0.554. The van der Waals surface area contributed by atoms with E-state index in [4.69, 9.17) is 0 Å². The van der Waals surface area contributed by atoms with Gasteiger partial charge in [-0.2, -0.15) is 13.2 Å². The molecule has 0 radical (unpaired) electrons. The van der Waals surface area contributed by atoms with E-state index in [-0.39, 0.29) is 21.9 Å². The lowest BCUT2D eigenvalue weighted by molar-refractivity contribution is -0.138. The second kappa shape index (κ2) is 11.1. The first-order valence-electron chi connectivity index (χ1n) is 12.4. The van der Waals surface area contributed by atoms with E-state index >= 15 is 0 Å². The SMILES string of the molecule is CC(Nc1cc(C(F)F)c(-c2sc(C(=O)N[C@@H]3CC[C@@H](O)C3)nc2C(=O)N2CC(F)(F)C[C@@H]2C)cn1)C(F)(F)F. The van der Waals surface area contributed by atoms with Crippen LogP contribution in [0.2, 0.25) is 0 Å². The van der Waals surface area contributed by atoms with Gasteiger partial charge in [-0.15, -0.1) is 11.3 Å². The summed E-state index contributed by atoms with van der Waals surface area (Å²) in [6, 6.07) is -2.73. The fourth-order valence-corrected chi connectivity index (χ4v) is 5.72. The van der Waals surface area contributed by atoms with Crippen LogP contribution in [-0.4, -0.2) is 74.7 Å². The Morgan fingerprint density at radius 3 is 2.50 bits per heavy atom. The van der Waals surface area contributed by atoms with Crippen molar-refractivity contribution in [2.75, 3.05) is 11.9 Å². The summed E-state index contributed by atoms with van der Waals surface area (Å²) in [5.41, 5.74) is -1.70. The molecule has 3 N–H and O–H groups in total. The maximum Gasteiger partial charge on any atom is 0.408 e. The number of anilines is 1. The van der Waals surface area contributed by atoms with Gasteiger partial charge in [-0.3, -0.25) is 9.59 Å². The van der Waals surface area contributed by atoms with Crippen molar-refractivity contribution in [3.05, 3.63) is 28.5 Å². The third-order valence-electron chi connectivity index (χ3n) is 6.82. The van der Waals surface area contributed by atoms with Crippen LogP contribution in [0.4, 0.5) is 36.6 Å². The quantitative estimate of drug-likeness (QED) is 0.387. The van der Waals surface area contributed by atoms with Crippen LogP contribution in [-0.2, 0) is 0 Å². The predicted molar refractivity (Wildman–Crippen MR) is 131 cm³/mol. The number of likely N-dealkylation sites (tertiary alicyclic amines) is 1. The molecule has 2 fully saturated rings. The van der Waals surface area contributed by atoms with E-state index in [0.29, 0.717) is 30.2 Å². The van der Waals surface area contributed by atoms with Crippen molar-refractivity contribution >= 4 is 29.0 Å². The first-order valence-corrected chi connectivity index (χ1v) is 13.2. The highest BCUT2D eigenvalue weighted by molar-refractivity contribution is 7.17. The molecule has 1 saturated heterocycles.